The zero-order valence-corrected chi connectivity index (χ0v) is 8.21. The zero-order chi connectivity index (χ0) is 9.84. The highest BCUT2D eigenvalue weighted by atomic mass is 35.5. The lowest BCUT2D eigenvalue weighted by molar-refractivity contribution is -0.106. The van der Waals surface area contributed by atoms with Gasteiger partial charge in [0.1, 0.15) is 5.75 Å². The summed E-state index contributed by atoms with van der Waals surface area (Å²) in [6, 6.07) is 4.68. The molecule has 0 aliphatic rings. The van der Waals surface area contributed by atoms with Crippen molar-refractivity contribution >= 4 is 11.6 Å². The molecule has 0 aliphatic heterocycles. The summed E-state index contributed by atoms with van der Waals surface area (Å²) in [5, 5.41) is 9.69. The molecule has 4 heteroatoms. The van der Waals surface area contributed by atoms with E-state index in [9.17, 15) is 5.11 Å². The van der Waals surface area contributed by atoms with E-state index in [1.165, 1.54) is 20.3 Å². The number of phenolic OH excluding ortho intramolecular Hbond substituents is 1. The molecule has 0 saturated carbocycles. The third kappa shape index (κ3) is 2.59. The van der Waals surface area contributed by atoms with E-state index in [0.717, 1.165) is 0 Å². The molecule has 0 heterocycles. The maximum Gasteiger partial charge on any atom is 0.183 e. The highest BCUT2D eigenvalue weighted by Crippen LogP contribution is 2.25. The molecule has 0 amide bonds. The van der Waals surface area contributed by atoms with Gasteiger partial charge in [0.25, 0.3) is 0 Å². The molecule has 0 aliphatic carbocycles. The maximum absolute atomic E-state index is 9.24. The Morgan fingerprint density at radius 2 is 1.85 bits per heavy atom. The van der Waals surface area contributed by atoms with E-state index in [1.807, 2.05) is 0 Å². The second kappa shape index (κ2) is 4.46. The van der Waals surface area contributed by atoms with Gasteiger partial charge in [0, 0.05) is 24.8 Å². The van der Waals surface area contributed by atoms with Crippen molar-refractivity contribution in [3.05, 3.63) is 28.8 Å². The maximum atomic E-state index is 9.24. The van der Waals surface area contributed by atoms with Gasteiger partial charge in [-0.3, -0.25) is 0 Å². The van der Waals surface area contributed by atoms with Crippen LogP contribution in [-0.2, 0) is 9.47 Å². The number of methoxy groups -OCH3 is 2. The summed E-state index contributed by atoms with van der Waals surface area (Å²) in [7, 11) is 3.04. The fourth-order valence-corrected chi connectivity index (χ4v) is 1.34. The van der Waals surface area contributed by atoms with Crippen molar-refractivity contribution in [1.82, 2.24) is 0 Å². The van der Waals surface area contributed by atoms with E-state index >= 15 is 0 Å². The van der Waals surface area contributed by atoms with Crippen LogP contribution in [0.25, 0.3) is 0 Å². The molecular formula is C9H11ClO3. The van der Waals surface area contributed by atoms with Gasteiger partial charge in [-0.2, -0.15) is 0 Å². The first-order valence-corrected chi connectivity index (χ1v) is 4.10. The Bertz CT molecular complexity index is 264. The standard InChI is InChI=1S/C9H11ClO3/c1-12-9(13-2)6-3-7(10)5-8(11)4-6/h3-5,9,11H,1-2H3. The minimum absolute atomic E-state index is 0.0987. The Kier molecular flexibility index (Phi) is 3.54. The number of halogens is 1. The molecule has 0 spiro atoms. The van der Waals surface area contributed by atoms with E-state index < -0.39 is 6.29 Å². The third-order valence-electron chi connectivity index (χ3n) is 1.61. The van der Waals surface area contributed by atoms with E-state index in [0.29, 0.717) is 10.6 Å². The molecule has 3 nitrogen and oxygen atoms in total. The molecule has 1 aromatic carbocycles. The third-order valence-corrected chi connectivity index (χ3v) is 1.82. The largest absolute Gasteiger partial charge is 0.508 e. The first kappa shape index (κ1) is 10.3. The van der Waals surface area contributed by atoms with Crippen molar-refractivity contribution in [3.8, 4) is 5.75 Å². The van der Waals surface area contributed by atoms with Crippen LogP contribution in [0.1, 0.15) is 11.9 Å². The fraction of sp³-hybridized carbons (Fsp3) is 0.333. The van der Waals surface area contributed by atoms with E-state index in [4.69, 9.17) is 21.1 Å². The van der Waals surface area contributed by atoms with Crippen molar-refractivity contribution in [1.29, 1.82) is 0 Å². The van der Waals surface area contributed by atoms with Crippen LogP contribution in [0.5, 0.6) is 5.75 Å². The first-order chi connectivity index (χ1) is 6.17. The lowest BCUT2D eigenvalue weighted by atomic mass is 10.2. The van der Waals surface area contributed by atoms with Crippen LogP contribution < -0.4 is 0 Å². The average Bonchev–Trinajstić information content (AvgIpc) is 2.04. The number of rotatable bonds is 3. The van der Waals surface area contributed by atoms with Crippen molar-refractivity contribution in [3.63, 3.8) is 0 Å². The average molecular weight is 203 g/mol. The van der Waals surface area contributed by atoms with Crippen LogP contribution in [0.3, 0.4) is 0 Å². The molecule has 0 radical (unpaired) electrons. The fourth-order valence-electron chi connectivity index (χ4n) is 1.10. The predicted molar refractivity (Wildman–Crippen MR) is 49.9 cm³/mol. The van der Waals surface area contributed by atoms with Crippen molar-refractivity contribution in [2.45, 2.75) is 6.29 Å². The number of phenols is 1. The number of aromatic hydroxyl groups is 1. The Morgan fingerprint density at radius 3 is 2.31 bits per heavy atom. The topological polar surface area (TPSA) is 38.7 Å². The summed E-state index contributed by atoms with van der Waals surface area (Å²) in [5.41, 5.74) is 0.690. The Labute approximate surface area is 81.9 Å². The highest BCUT2D eigenvalue weighted by molar-refractivity contribution is 6.30. The van der Waals surface area contributed by atoms with Crippen LogP contribution in [0.15, 0.2) is 18.2 Å². The van der Waals surface area contributed by atoms with Gasteiger partial charge in [0.2, 0.25) is 0 Å². The molecule has 0 saturated heterocycles. The highest BCUT2D eigenvalue weighted by Gasteiger charge is 2.10. The normalized spacial score (nSPS) is 10.8. The minimum atomic E-state index is -0.496. The van der Waals surface area contributed by atoms with E-state index in [2.05, 4.69) is 0 Å². The predicted octanol–water partition coefficient (Wildman–Crippen LogP) is 2.34. The molecule has 0 aromatic heterocycles. The zero-order valence-electron chi connectivity index (χ0n) is 7.45. The monoisotopic (exact) mass is 202 g/mol. The van der Waals surface area contributed by atoms with Gasteiger partial charge in [-0.15, -0.1) is 0 Å². The lowest BCUT2D eigenvalue weighted by Gasteiger charge is -2.13. The summed E-state index contributed by atoms with van der Waals surface area (Å²) in [6.07, 6.45) is -0.496. The van der Waals surface area contributed by atoms with Crippen LogP contribution >= 0.6 is 11.6 Å². The second-order valence-corrected chi connectivity index (χ2v) is 2.98. The Balaban J connectivity index is 2.99. The summed E-state index contributed by atoms with van der Waals surface area (Å²) >= 11 is 5.74. The molecule has 72 valence electrons. The van der Waals surface area contributed by atoms with Gasteiger partial charge >= 0.3 is 0 Å². The van der Waals surface area contributed by atoms with Gasteiger partial charge in [-0.25, -0.2) is 0 Å². The van der Waals surface area contributed by atoms with Crippen molar-refractivity contribution in [2.24, 2.45) is 0 Å². The number of hydrogen-bond acceptors (Lipinski definition) is 3. The first-order valence-electron chi connectivity index (χ1n) is 3.72. The molecule has 1 aromatic rings. The van der Waals surface area contributed by atoms with E-state index in [1.54, 1.807) is 12.1 Å². The molecule has 1 N–H and O–H groups in total. The molecule has 0 unspecified atom stereocenters. The molecule has 13 heavy (non-hydrogen) atoms. The summed E-state index contributed by atoms with van der Waals surface area (Å²) in [4.78, 5) is 0. The van der Waals surface area contributed by atoms with Crippen molar-refractivity contribution in [2.75, 3.05) is 14.2 Å². The van der Waals surface area contributed by atoms with Crippen LogP contribution in [-0.4, -0.2) is 19.3 Å². The summed E-state index contributed by atoms with van der Waals surface area (Å²) in [5.74, 6) is 0.0987. The van der Waals surface area contributed by atoms with Gasteiger partial charge in [0.15, 0.2) is 6.29 Å². The van der Waals surface area contributed by atoms with Gasteiger partial charge in [0.05, 0.1) is 0 Å². The lowest BCUT2D eigenvalue weighted by Crippen LogP contribution is -2.03. The molecule has 0 bridgehead atoms. The summed E-state index contributed by atoms with van der Waals surface area (Å²) in [6.45, 7) is 0. The molecule has 0 fully saturated rings. The summed E-state index contributed by atoms with van der Waals surface area (Å²) < 4.78 is 10.0. The van der Waals surface area contributed by atoms with Gasteiger partial charge in [-0.1, -0.05) is 11.6 Å². The van der Waals surface area contributed by atoms with Crippen LogP contribution in [0, 0.1) is 0 Å². The molecule has 0 atom stereocenters. The van der Waals surface area contributed by atoms with Crippen LogP contribution in [0.2, 0.25) is 5.02 Å². The smallest absolute Gasteiger partial charge is 0.183 e. The minimum Gasteiger partial charge on any atom is -0.508 e. The SMILES string of the molecule is COC(OC)c1cc(O)cc(Cl)c1. The molecular weight excluding hydrogens is 192 g/mol. The second-order valence-electron chi connectivity index (χ2n) is 2.55. The quantitative estimate of drug-likeness (QED) is 0.765. The Morgan fingerprint density at radius 1 is 1.23 bits per heavy atom. The number of benzene rings is 1. The van der Waals surface area contributed by atoms with Gasteiger partial charge < -0.3 is 14.6 Å². The van der Waals surface area contributed by atoms with Crippen LogP contribution in [0.4, 0.5) is 0 Å². The molecule has 1 rings (SSSR count). The van der Waals surface area contributed by atoms with Crippen molar-refractivity contribution < 1.29 is 14.6 Å². The van der Waals surface area contributed by atoms with Gasteiger partial charge in [-0.05, 0) is 18.2 Å². The Hall–Kier alpha value is -0.770. The number of hydrogen-bond donors (Lipinski definition) is 1. The number of ether oxygens (including phenoxy) is 2. The van der Waals surface area contributed by atoms with E-state index in [-0.39, 0.29) is 5.75 Å².